The van der Waals surface area contributed by atoms with E-state index in [4.69, 9.17) is 0 Å². The maximum absolute atomic E-state index is 12.9. The minimum Gasteiger partial charge on any atom is -0.268 e. The number of para-hydroxylation sites is 1. The number of halogens is 1. The molecule has 0 saturated carbocycles. The van der Waals surface area contributed by atoms with E-state index < -0.39 is 0 Å². The van der Waals surface area contributed by atoms with E-state index in [1.165, 1.54) is 17.0 Å². The van der Waals surface area contributed by atoms with E-state index in [0.717, 1.165) is 17.3 Å². The van der Waals surface area contributed by atoms with Gasteiger partial charge in [0.2, 0.25) is 0 Å². The fourth-order valence-corrected chi connectivity index (χ4v) is 3.03. The molecular weight excluding hydrogens is 301 g/mol. The highest BCUT2D eigenvalue weighted by Crippen LogP contribution is 2.36. The summed E-state index contributed by atoms with van der Waals surface area (Å²) in [4.78, 5) is 26.2. The number of thioether (sulfide) groups is 1. The zero-order valence-corrected chi connectivity index (χ0v) is 12.6. The van der Waals surface area contributed by atoms with E-state index in [1.54, 1.807) is 30.3 Å². The van der Waals surface area contributed by atoms with E-state index in [9.17, 15) is 14.0 Å². The fourth-order valence-electron chi connectivity index (χ4n) is 2.20. The second-order valence-electron chi connectivity index (χ2n) is 4.86. The normalized spacial score (nSPS) is 16.6. The molecule has 0 unspecified atom stereocenters. The summed E-state index contributed by atoms with van der Waals surface area (Å²) in [6.07, 6.45) is 1.60. The second kappa shape index (κ2) is 5.77. The number of imide groups is 1. The number of rotatable bonds is 2. The van der Waals surface area contributed by atoms with Crippen LogP contribution in [-0.4, -0.2) is 11.1 Å². The smallest absolute Gasteiger partial charge is 0.268 e. The number of hydrogen-bond donors (Lipinski definition) is 0. The molecule has 2 amide bonds. The summed E-state index contributed by atoms with van der Waals surface area (Å²) in [7, 11) is 0. The van der Waals surface area contributed by atoms with E-state index in [0.29, 0.717) is 16.2 Å². The van der Waals surface area contributed by atoms with E-state index >= 15 is 0 Å². The van der Waals surface area contributed by atoms with Crippen LogP contribution >= 0.6 is 11.8 Å². The lowest BCUT2D eigenvalue weighted by Gasteiger charge is -2.14. The predicted octanol–water partition coefficient (Wildman–Crippen LogP) is 4.38. The van der Waals surface area contributed by atoms with Gasteiger partial charge in [0.1, 0.15) is 5.82 Å². The van der Waals surface area contributed by atoms with Gasteiger partial charge < -0.3 is 0 Å². The zero-order chi connectivity index (χ0) is 15.7. The molecule has 3 nitrogen and oxygen atoms in total. The molecule has 1 saturated heterocycles. The van der Waals surface area contributed by atoms with Crippen LogP contribution in [0.15, 0.2) is 53.4 Å². The van der Waals surface area contributed by atoms with Gasteiger partial charge in [-0.15, -0.1) is 0 Å². The molecule has 110 valence electrons. The highest BCUT2D eigenvalue weighted by atomic mass is 32.2. The third kappa shape index (κ3) is 2.67. The monoisotopic (exact) mass is 313 g/mol. The summed E-state index contributed by atoms with van der Waals surface area (Å²) in [5, 5.41) is -0.326. The molecule has 1 fully saturated rings. The van der Waals surface area contributed by atoms with Crippen LogP contribution in [0.2, 0.25) is 0 Å². The molecule has 22 heavy (non-hydrogen) atoms. The van der Waals surface area contributed by atoms with Gasteiger partial charge in [0.25, 0.3) is 11.1 Å². The number of hydrogen-bond acceptors (Lipinski definition) is 3. The first-order valence-corrected chi connectivity index (χ1v) is 7.47. The molecule has 3 rings (SSSR count). The zero-order valence-electron chi connectivity index (χ0n) is 11.7. The third-order valence-corrected chi connectivity index (χ3v) is 4.19. The number of nitrogens with zero attached hydrogens (tertiary/aromatic N) is 1. The molecule has 0 aromatic heterocycles. The lowest BCUT2D eigenvalue weighted by atomic mass is 10.1. The molecule has 2 aromatic carbocycles. The number of carbonyl (C=O) groups is 2. The maximum Gasteiger partial charge on any atom is 0.298 e. The van der Waals surface area contributed by atoms with Gasteiger partial charge in [-0.05, 0) is 54.1 Å². The van der Waals surface area contributed by atoms with Crippen molar-refractivity contribution < 1.29 is 14.0 Å². The Labute approximate surface area is 131 Å². The summed E-state index contributed by atoms with van der Waals surface area (Å²) in [5.74, 6) is -0.696. The molecule has 0 spiro atoms. The number of anilines is 1. The van der Waals surface area contributed by atoms with Crippen molar-refractivity contribution in [3.8, 4) is 0 Å². The fraction of sp³-hybridized carbons (Fsp3) is 0.0588. The average molecular weight is 313 g/mol. The van der Waals surface area contributed by atoms with Crippen molar-refractivity contribution in [3.05, 3.63) is 70.4 Å². The van der Waals surface area contributed by atoms with Gasteiger partial charge >= 0.3 is 0 Å². The number of benzene rings is 2. The SMILES string of the molecule is Cc1ccccc1N1C(=O)S/C(=C\c2ccc(F)cc2)C1=O. The number of aryl methyl sites for hydroxylation is 1. The van der Waals surface area contributed by atoms with Gasteiger partial charge in [0, 0.05) is 0 Å². The first kappa shape index (κ1) is 14.5. The average Bonchev–Trinajstić information content (AvgIpc) is 2.77. The van der Waals surface area contributed by atoms with Crippen molar-refractivity contribution in [3.63, 3.8) is 0 Å². The topological polar surface area (TPSA) is 37.4 Å². The first-order chi connectivity index (χ1) is 10.6. The molecule has 0 bridgehead atoms. The summed E-state index contributed by atoms with van der Waals surface area (Å²) < 4.78 is 12.9. The van der Waals surface area contributed by atoms with Gasteiger partial charge in [0.05, 0.1) is 10.6 Å². The predicted molar refractivity (Wildman–Crippen MR) is 86.0 cm³/mol. The van der Waals surface area contributed by atoms with Crippen LogP contribution in [0.25, 0.3) is 6.08 Å². The van der Waals surface area contributed by atoms with Crippen LogP contribution in [0, 0.1) is 12.7 Å². The highest BCUT2D eigenvalue weighted by Gasteiger charge is 2.36. The molecule has 0 radical (unpaired) electrons. The number of amides is 2. The Hall–Kier alpha value is -2.40. The Balaban J connectivity index is 1.95. The van der Waals surface area contributed by atoms with Crippen LogP contribution in [0.1, 0.15) is 11.1 Å². The summed E-state index contributed by atoms with van der Waals surface area (Å²) in [6.45, 7) is 1.85. The summed E-state index contributed by atoms with van der Waals surface area (Å²) >= 11 is 0.889. The van der Waals surface area contributed by atoms with Crippen LogP contribution in [0.4, 0.5) is 14.9 Å². The van der Waals surface area contributed by atoms with Gasteiger partial charge in [-0.25, -0.2) is 9.29 Å². The molecule has 1 aliphatic rings. The van der Waals surface area contributed by atoms with E-state index in [1.807, 2.05) is 19.1 Å². The van der Waals surface area contributed by atoms with Crippen molar-refractivity contribution in [2.24, 2.45) is 0 Å². The maximum atomic E-state index is 12.9. The molecular formula is C17H12FNO2S. The molecule has 0 N–H and O–H groups in total. The van der Waals surface area contributed by atoms with Crippen molar-refractivity contribution in [2.45, 2.75) is 6.92 Å². The summed E-state index contributed by atoms with van der Waals surface area (Å²) in [5.41, 5.74) is 2.12. The second-order valence-corrected chi connectivity index (χ2v) is 5.85. The van der Waals surface area contributed by atoms with Gasteiger partial charge in [-0.1, -0.05) is 30.3 Å². The Morgan fingerprint density at radius 2 is 1.73 bits per heavy atom. The van der Waals surface area contributed by atoms with E-state index in [2.05, 4.69) is 0 Å². The minimum absolute atomic E-state index is 0.326. The van der Waals surface area contributed by atoms with Crippen molar-refractivity contribution in [1.82, 2.24) is 0 Å². The molecule has 2 aromatic rings. The molecule has 1 heterocycles. The quantitative estimate of drug-likeness (QED) is 0.772. The lowest BCUT2D eigenvalue weighted by molar-refractivity contribution is -0.113. The van der Waals surface area contributed by atoms with Crippen molar-refractivity contribution in [2.75, 3.05) is 4.90 Å². The Kier molecular flexibility index (Phi) is 3.81. The van der Waals surface area contributed by atoms with Crippen LogP contribution in [-0.2, 0) is 4.79 Å². The van der Waals surface area contributed by atoms with Gasteiger partial charge in [-0.3, -0.25) is 9.59 Å². The Morgan fingerprint density at radius 1 is 1.05 bits per heavy atom. The Bertz CT molecular complexity index is 784. The van der Waals surface area contributed by atoms with Crippen LogP contribution in [0.5, 0.6) is 0 Å². The van der Waals surface area contributed by atoms with Gasteiger partial charge in [0.15, 0.2) is 0 Å². The van der Waals surface area contributed by atoms with E-state index in [-0.39, 0.29) is 17.0 Å². The summed E-state index contributed by atoms with van der Waals surface area (Å²) in [6, 6.07) is 13.0. The molecule has 5 heteroatoms. The van der Waals surface area contributed by atoms with Crippen LogP contribution < -0.4 is 4.90 Å². The molecule has 1 aliphatic heterocycles. The molecule has 0 aliphatic carbocycles. The largest absolute Gasteiger partial charge is 0.298 e. The standard InChI is InChI=1S/C17H12FNO2S/c1-11-4-2-3-5-14(11)19-16(20)15(22-17(19)21)10-12-6-8-13(18)9-7-12/h2-10H,1H3/b15-10-. The van der Waals surface area contributed by atoms with Crippen LogP contribution in [0.3, 0.4) is 0 Å². The highest BCUT2D eigenvalue weighted by molar-refractivity contribution is 8.19. The minimum atomic E-state index is -0.353. The van der Waals surface area contributed by atoms with Gasteiger partial charge in [-0.2, -0.15) is 0 Å². The lowest BCUT2D eigenvalue weighted by Crippen LogP contribution is -2.28. The number of carbonyl (C=O) groups excluding carboxylic acids is 2. The first-order valence-electron chi connectivity index (χ1n) is 6.65. The van der Waals surface area contributed by atoms with Crippen molar-refractivity contribution >= 4 is 34.7 Å². The Morgan fingerprint density at radius 3 is 2.41 bits per heavy atom. The molecule has 0 atom stereocenters. The van der Waals surface area contributed by atoms with Crippen molar-refractivity contribution in [1.29, 1.82) is 0 Å². The third-order valence-electron chi connectivity index (χ3n) is 3.32.